The van der Waals surface area contributed by atoms with Crippen molar-refractivity contribution in [3.05, 3.63) is 23.8 Å². The normalized spacial score (nSPS) is 20.6. The van der Waals surface area contributed by atoms with E-state index in [-0.39, 0.29) is 18.2 Å². The number of carbonyl (C=O) groups is 3. The lowest BCUT2D eigenvalue weighted by molar-refractivity contribution is -0.134. The molecule has 3 amide bonds. The van der Waals surface area contributed by atoms with Crippen molar-refractivity contribution in [2.75, 3.05) is 31.6 Å². The molecule has 2 aliphatic heterocycles. The minimum absolute atomic E-state index is 0.215. The van der Waals surface area contributed by atoms with Crippen LogP contribution in [0, 0.1) is 5.92 Å². The fraction of sp³-hybridized carbons (Fsp3) is 0.550. The summed E-state index contributed by atoms with van der Waals surface area (Å²) >= 11 is 0. The van der Waals surface area contributed by atoms with Gasteiger partial charge >= 0.3 is 0 Å². The van der Waals surface area contributed by atoms with E-state index in [4.69, 9.17) is 10.5 Å². The Bertz CT molecular complexity index is 744. The summed E-state index contributed by atoms with van der Waals surface area (Å²) in [6, 6.07) is 4.78. The zero-order valence-corrected chi connectivity index (χ0v) is 16.2. The maximum absolute atomic E-state index is 12.6. The van der Waals surface area contributed by atoms with E-state index >= 15 is 0 Å². The number of nitrogens with zero attached hydrogens (tertiary/aromatic N) is 1. The number of hydrogen-bond donors (Lipinski definition) is 3. The van der Waals surface area contributed by atoms with Gasteiger partial charge in [0.2, 0.25) is 11.8 Å². The molecule has 4 N–H and O–H groups in total. The molecular formula is C20H28N4O4. The first-order chi connectivity index (χ1) is 13.5. The highest BCUT2D eigenvalue weighted by atomic mass is 16.5. The molecule has 0 saturated carbocycles. The van der Waals surface area contributed by atoms with Crippen LogP contribution in [0.15, 0.2) is 18.2 Å². The third-order valence-electron chi connectivity index (χ3n) is 5.53. The van der Waals surface area contributed by atoms with Crippen molar-refractivity contribution < 1.29 is 19.1 Å². The smallest absolute Gasteiger partial charge is 0.255 e. The highest BCUT2D eigenvalue weighted by molar-refractivity contribution is 6.04. The van der Waals surface area contributed by atoms with E-state index in [2.05, 4.69) is 15.5 Å². The number of hydrogen-bond acceptors (Lipinski definition) is 6. The van der Waals surface area contributed by atoms with E-state index in [1.54, 1.807) is 6.07 Å². The summed E-state index contributed by atoms with van der Waals surface area (Å²) in [5.41, 5.74) is 7.04. The molecular weight excluding hydrogens is 360 g/mol. The van der Waals surface area contributed by atoms with Crippen molar-refractivity contribution >= 4 is 23.4 Å². The average molecular weight is 388 g/mol. The molecule has 8 heteroatoms. The number of ether oxygens (including phenoxy) is 1. The summed E-state index contributed by atoms with van der Waals surface area (Å²) in [5.74, 6) is -0.0270. The van der Waals surface area contributed by atoms with Crippen molar-refractivity contribution in [2.45, 2.75) is 38.1 Å². The van der Waals surface area contributed by atoms with Gasteiger partial charge in [0.1, 0.15) is 11.8 Å². The fourth-order valence-electron chi connectivity index (χ4n) is 3.85. The first-order valence-electron chi connectivity index (χ1n) is 9.79. The number of nitrogens with one attached hydrogen (secondary N) is 2. The molecule has 1 unspecified atom stereocenters. The molecule has 1 aromatic carbocycles. The van der Waals surface area contributed by atoms with Gasteiger partial charge in [0.25, 0.3) is 5.91 Å². The van der Waals surface area contributed by atoms with Gasteiger partial charge < -0.3 is 20.7 Å². The minimum atomic E-state index is -0.712. The van der Waals surface area contributed by atoms with Crippen molar-refractivity contribution in [3.63, 3.8) is 0 Å². The van der Waals surface area contributed by atoms with Crippen molar-refractivity contribution in [2.24, 2.45) is 11.7 Å². The molecule has 2 saturated heterocycles. The van der Waals surface area contributed by atoms with Crippen LogP contribution in [0.1, 0.15) is 42.5 Å². The Hall–Kier alpha value is -2.61. The molecule has 2 aliphatic rings. The number of anilines is 1. The van der Waals surface area contributed by atoms with Crippen molar-refractivity contribution in [1.82, 2.24) is 10.6 Å². The molecule has 0 radical (unpaired) electrons. The van der Waals surface area contributed by atoms with Crippen LogP contribution in [0.3, 0.4) is 0 Å². The molecule has 1 aromatic rings. The highest BCUT2D eigenvalue weighted by Gasteiger charge is 2.29. The summed E-state index contributed by atoms with van der Waals surface area (Å²) in [6.07, 6.45) is 3.80. The zero-order chi connectivity index (χ0) is 20.1. The van der Waals surface area contributed by atoms with Gasteiger partial charge in [-0.2, -0.15) is 0 Å². The second-order valence-corrected chi connectivity index (χ2v) is 7.37. The van der Waals surface area contributed by atoms with Crippen LogP contribution in [0.25, 0.3) is 0 Å². The number of methoxy groups -OCH3 is 1. The number of piperidine rings is 2. The van der Waals surface area contributed by atoms with E-state index in [0.717, 1.165) is 44.6 Å². The Morgan fingerprint density at radius 3 is 2.68 bits per heavy atom. The van der Waals surface area contributed by atoms with Gasteiger partial charge in [-0.25, -0.2) is 0 Å². The molecule has 8 nitrogen and oxygen atoms in total. The van der Waals surface area contributed by atoms with Gasteiger partial charge in [0.05, 0.1) is 12.7 Å². The van der Waals surface area contributed by atoms with E-state index in [1.165, 1.54) is 7.11 Å². The summed E-state index contributed by atoms with van der Waals surface area (Å²) < 4.78 is 5.43. The monoisotopic (exact) mass is 388 g/mol. The van der Waals surface area contributed by atoms with Crippen molar-refractivity contribution in [3.8, 4) is 5.75 Å². The van der Waals surface area contributed by atoms with Gasteiger partial charge in [0, 0.05) is 31.3 Å². The largest absolute Gasteiger partial charge is 0.496 e. The first kappa shape index (κ1) is 20.1. The molecule has 28 heavy (non-hydrogen) atoms. The quantitative estimate of drug-likeness (QED) is 0.621. The molecule has 0 spiro atoms. The lowest BCUT2D eigenvalue weighted by Gasteiger charge is -2.33. The van der Waals surface area contributed by atoms with E-state index in [9.17, 15) is 14.4 Å². The van der Waals surface area contributed by atoms with Crippen LogP contribution in [0.5, 0.6) is 5.75 Å². The average Bonchev–Trinajstić information content (AvgIpc) is 2.70. The SMILES string of the molecule is COc1cc(N2CCC(CCN)CC2)ccc1C(=O)NC1CCC(=O)NC1=O. The third kappa shape index (κ3) is 4.62. The molecule has 152 valence electrons. The Kier molecular flexibility index (Phi) is 6.51. The number of rotatable bonds is 6. The van der Waals surface area contributed by atoms with Crippen LogP contribution in [-0.4, -0.2) is 50.5 Å². The fourth-order valence-corrected chi connectivity index (χ4v) is 3.85. The molecule has 0 aliphatic carbocycles. The second-order valence-electron chi connectivity index (χ2n) is 7.37. The van der Waals surface area contributed by atoms with E-state index in [1.807, 2.05) is 12.1 Å². The minimum Gasteiger partial charge on any atom is -0.496 e. The number of imide groups is 1. The number of carbonyl (C=O) groups excluding carboxylic acids is 3. The predicted octanol–water partition coefficient (Wildman–Crippen LogP) is 0.795. The summed E-state index contributed by atoms with van der Waals surface area (Å²) in [5, 5.41) is 4.93. The van der Waals surface area contributed by atoms with Crippen LogP contribution in [0.4, 0.5) is 5.69 Å². The van der Waals surface area contributed by atoms with Gasteiger partial charge in [0.15, 0.2) is 0 Å². The highest BCUT2D eigenvalue weighted by Crippen LogP contribution is 2.30. The molecule has 0 bridgehead atoms. The molecule has 2 fully saturated rings. The summed E-state index contributed by atoms with van der Waals surface area (Å²) in [6.45, 7) is 2.64. The molecule has 2 heterocycles. The van der Waals surface area contributed by atoms with Crippen LogP contribution >= 0.6 is 0 Å². The van der Waals surface area contributed by atoms with E-state index < -0.39 is 11.9 Å². The van der Waals surface area contributed by atoms with Gasteiger partial charge in [-0.05, 0) is 50.3 Å². The standard InChI is InChI=1S/C20H28N4O4/c1-28-17-12-14(24-10-7-13(6-9-21)8-11-24)2-3-15(17)19(26)22-16-4-5-18(25)23-20(16)27/h2-3,12-13,16H,4-11,21H2,1H3,(H,22,26)(H,23,25,27). The van der Waals surface area contributed by atoms with Crippen LogP contribution < -0.4 is 26.0 Å². The molecule has 3 rings (SSSR count). The summed E-state index contributed by atoms with van der Waals surface area (Å²) in [4.78, 5) is 38.0. The van der Waals surface area contributed by atoms with Gasteiger partial charge in [-0.15, -0.1) is 0 Å². The Labute approximate surface area is 164 Å². The maximum atomic E-state index is 12.6. The topological polar surface area (TPSA) is 114 Å². The second kappa shape index (κ2) is 9.05. The molecule has 1 atom stereocenters. The Balaban J connectivity index is 1.67. The zero-order valence-electron chi connectivity index (χ0n) is 16.2. The number of benzene rings is 1. The number of nitrogens with two attached hydrogens (primary N) is 1. The Morgan fingerprint density at radius 2 is 2.04 bits per heavy atom. The van der Waals surface area contributed by atoms with Crippen LogP contribution in [-0.2, 0) is 9.59 Å². The molecule has 0 aromatic heterocycles. The lowest BCUT2D eigenvalue weighted by atomic mass is 9.93. The third-order valence-corrected chi connectivity index (χ3v) is 5.53. The van der Waals surface area contributed by atoms with Crippen LogP contribution in [0.2, 0.25) is 0 Å². The maximum Gasteiger partial charge on any atom is 0.255 e. The first-order valence-corrected chi connectivity index (χ1v) is 9.79. The summed E-state index contributed by atoms with van der Waals surface area (Å²) in [7, 11) is 1.52. The van der Waals surface area contributed by atoms with E-state index in [0.29, 0.717) is 23.7 Å². The Morgan fingerprint density at radius 1 is 1.29 bits per heavy atom. The van der Waals surface area contributed by atoms with Crippen molar-refractivity contribution in [1.29, 1.82) is 0 Å². The predicted molar refractivity (Wildman–Crippen MR) is 105 cm³/mol. The van der Waals surface area contributed by atoms with Gasteiger partial charge in [-0.3, -0.25) is 19.7 Å². The van der Waals surface area contributed by atoms with Gasteiger partial charge in [-0.1, -0.05) is 0 Å². The number of amides is 3. The lowest BCUT2D eigenvalue weighted by Crippen LogP contribution is -2.52.